The van der Waals surface area contributed by atoms with E-state index in [0.717, 1.165) is 96.3 Å². The second-order valence-corrected chi connectivity index (χ2v) is 19.5. The van der Waals surface area contributed by atoms with E-state index in [-0.39, 0.29) is 31.1 Å². The number of hydrogen-bond acceptors (Lipinski definition) is 6. The van der Waals surface area contributed by atoms with Gasteiger partial charge < -0.3 is 14.2 Å². The van der Waals surface area contributed by atoms with Gasteiger partial charge in [0.1, 0.15) is 13.2 Å². The summed E-state index contributed by atoms with van der Waals surface area (Å²) < 4.78 is 16.9. The van der Waals surface area contributed by atoms with E-state index >= 15 is 0 Å². The van der Waals surface area contributed by atoms with Crippen molar-refractivity contribution < 1.29 is 28.6 Å². The lowest BCUT2D eigenvalue weighted by molar-refractivity contribution is -0.167. The van der Waals surface area contributed by atoms with E-state index in [2.05, 4.69) is 93.7 Å². The molecule has 0 aromatic carbocycles. The second-order valence-electron chi connectivity index (χ2n) is 19.5. The summed E-state index contributed by atoms with van der Waals surface area (Å²) in [7, 11) is 0. The fraction of sp³-hybridized carbons (Fsp3) is 0.762. The van der Waals surface area contributed by atoms with Crippen molar-refractivity contribution in [1.29, 1.82) is 0 Å². The van der Waals surface area contributed by atoms with E-state index < -0.39 is 6.10 Å². The molecule has 0 heterocycles. The van der Waals surface area contributed by atoms with E-state index in [0.29, 0.717) is 19.3 Å². The lowest BCUT2D eigenvalue weighted by Crippen LogP contribution is -2.30. The van der Waals surface area contributed by atoms with Crippen molar-refractivity contribution in [1.82, 2.24) is 0 Å². The van der Waals surface area contributed by atoms with Crippen LogP contribution in [0, 0.1) is 0 Å². The molecule has 0 aromatic rings. The number of carbonyl (C=O) groups excluding carboxylic acids is 3. The standard InChI is InChI=1S/C63H110O6/c1-4-7-10-13-16-19-22-24-26-28-29-30-31-32-33-35-36-38-41-44-47-50-53-56-62(65)68-59-60(58-67-61(64)55-52-49-46-43-40-21-18-15-12-9-6-3)69-63(66)57-54-51-48-45-42-39-37-34-27-25-23-20-17-14-11-8-5-2/h7,10,16-17,19-20,24-27,29-30,60H,4-6,8-9,11-15,18,21-23,28,31-59H2,1-3H3/b10-7-,19-16-,20-17-,26-24-,27-25-,30-29-. The highest BCUT2D eigenvalue weighted by Crippen LogP contribution is 2.16. The molecule has 0 N–H and O–H groups in total. The normalized spacial score (nSPS) is 12.6. The van der Waals surface area contributed by atoms with Gasteiger partial charge in [-0.1, -0.05) is 254 Å². The predicted octanol–water partition coefficient (Wildman–Crippen LogP) is 19.8. The minimum absolute atomic E-state index is 0.0773. The van der Waals surface area contributed by atoms with Crippen molar-refractivity contribution in [2.75, 3.05) is 13.2 Å². The molecule has 398 valence electrons. The van der Waals surface area contributed by atoms with Gasteiger partial charge in [-0.2, -0.15) is 0 Å². The van der Waals surface area contributed by atoms with Gasteiger partial charge in [0.05, 0.1) is 0 Å². The van der Waals surface area contributed by atoms with Crippen molar-refractivity contribution in [2.45, 2.75) is 297 Å². The lowest BCUT2D eigenvalue weighted by atomic mass is 10.1. The molecular formula is C63H110O6. The maximum atomic E-state index is 12.9. The van der Waals surface area contributed by atoms with Crippen LogP contribution in [0.3, 0.4) is 0 Å². The monoisotopic (exact) mass is 963 g/mol. The molecule has 0 aliphatic carbocycles. The smallest absolute Gasteiger partial charge is 0.306 e. The fourth-order valence-electron chi connectivity index (χ4n) is 8.29. The summed E-state index contributed by atoms with van der Waals surface area (Å²) in [6.07, 6.45) is 73.2. The highest BCUT2D eigenvalue weighted by Gasteiger charge is 2.19. The molecule has 0 aliphatic rings. The van der Waals surface area contributed by atoms with Crippen LogP contribution >= 0.6 is 0 Å². The third kappa shape index (κ3) is 55.6. The average molecular weight is 964 g/mol. The molecule has 0 fully saturated rings. The highest BCUT2D eigenvalue weighted by atomic mass is 16.6. The Labute approximate surface area is 427 Å². The maximum absolute atomic E-state index is 12.9. The van der Waals surface area contributed by atoms with Gasteiger partial charge >= 0.3 is 17.9 Å². The summed E-state index contributed by atoms with van der Waals surface area (Å²) in [5.74, 6) is -0.880. The molecule has 0 saturated carbocycles. The van der Waals surface area contributed by atoms with Gasteiger partial charge in [0, 0.05) is 19.3 Å². The van der Waals surface area contributed by atoms with Gasteiger partial charge in [-0.25, -0.2) is 0 Å². The van der Waals surface area contributed by atoms with E-state index in [4.69, 9.17) is 14.2 Å². The van der Waals surface area contributed by atoms with E-state index in [1.54, 1.807) is 0 Å². The first kappa shape index (κ1) is 65.8. The van der Waals surface area contributed by atoms with Gasteiger partial charge in [0.15, 0.2) is 6.10 Å². The minimum atomic E-state index is -0.779. The molecule has 0 bridgehead atoms. The molecule has 1 unspecified atom stereocenters. The number of rotatable bonds is 53. The SMILES string of the molecule is CC/C=C\C/C=C\C/C=C\C/C=C\CCCCCCCCCCCCC(=O)OCC(COC(=O)CCCCCCCCCCCCC)OC(=O)CCCCCCCCC/C=C\C/C=C\CCCCC. The van der Waals surface area contributed by atoms with Crippen molar-refractivity contribution >= 4 is 17.9 Å². The molecule has 0 rings (SSSR count). The third-order valence-corrected chi connectivity index (χ3v) is 12.7. The van der Waals surface area contributed by atoms with Gasteiger partial charge in [-0.15, -0.1) is 0 Å². The number of unbranched alkanes of at least 4 members (excludes halogenated alkanes) is 30. The van der Waals surface area contributed by atoms with Gasteiger partial charge in [-0.05, 0) is 89.9 Å². The zero-order valence-electron chi connectivity index (χ0n) is 45.6. The molecule has 1 atom stereocenters. The summed E-state index contributed by atoms with van der Waals surface area (Å²) in [6, 6.07) is 0. The predicted molar refractivity (Wildman–Crippen MR) is 298 cm³/mol. The Morgan fingerprint density at radius 2 is 0.565 bits per heavy atom. The van der Waals surface area contributed by atoms with E-state index in [9.17, 15) is 14.4 Å². The number of ether oxygens (including phenoxy) is 3. The van der Waals surface area contributed by atoms with Crippen LogP contribution in [0.1, 0.15) is 290 Å². The first-order valence-electron chi connectivity index (χ1n) is 29.4. The summed E-state index contributed by atoms with van der Waals surface area (Å²) in [5, 5.41) is 0. The van der Waals surface area contributed by atoms with Crippen LogP contribution in [0.15, 0.2) is 72.9 Å². The molecule has 6 nitrogen and oxygen atoms in total. The first-order chi connectivity index (χ1) is 34.0. The highest BCUT2D eigenvalue weighted by molar-refractivity contribution is 5.71. The number of allylic oxidation sites excluding steroid dienone is 12. The molecular weight excluding hydrogens is 853 g/mol. The molecule has 69 heavy (non-hydrogen) atoms. The maximum Gasteiger partial charge on any atom is 0.306 e. The minimum Gasteiger partial charge on any atom is -0.462 e. The Kier molecular flexibility index (Phi) is 54.8. The Morgan fingerprint density at radius 3 is 0.913 bits per heavy atom. The van der Waals surface area contributed by atoms with Crippen LogP contribution in [0.25, 0.3) is 0 Å². The van der Waals surface area contributed by atoms with E-state index in [1.807, 2.05) is 0 Å². The lowest BCUT2D eigenvalue weighted by Gasteiger charge is -2.18. The van der Waals surface area contributed by atoms with Gasteiger partial charge in [0.2, 0.25) is 0 Å². The summed E-state index contributed by atoms with van der Waals surface area (Å²) in [4.78, 5) is 38.1. The Hall–Kier alpha value is -3.15. The Morgan fingerprint density at radius 1 is 0.304 bits per heavy atom. The average Bonchev–Trinajstić information content (AvgIpc) is 3.35. The number of hydrogen-bond donors (Lipinski definition) is 0. The summed E-state index contributed by atoms with van der Waals surface area (Å²) in [5.41, 5.74) is 0. The first-order valence-corrected chi connectivity index (χ1v) is 29.4. The second kappa shape index (κ2) is 57.4. The Balaban J connectivity index is 4.30. The van der Waals surface area contributed by atoms with Crippen LogP contribution in [0.5, 0.6) is 0 Å². The molecule has 0 aliphatic heterocycles. The Bertz CT molecular complexity index is 1290. The van der Waals surface area contributed by atoms with Crippen LogP contribution in [0.2, 0.25) is 0 Å². The fourth-order valence-corrected chi connectivity index (χ4v) is 8.29. The van der Waals surface area contributed by atoms with Crippen molar-refractivity contribution in [3.05, 3.63) is 72.9 Å². The van der Waals surface area contributed by atoms with Gasteiger partial charge in [0.25, 0.3) is 0 Å². The van der Waals surface area contributed by atoms with Crippen LogP contribution < -0.4 is 0 Å². The van der Waals surface area contributed by atoms with Crippen LogP contribution in [0.4, 0.5) is 0 Å². The van der Waals surface area contributed by atoms with Crippen molar-refractivity contribution in [3.63, 3.8) is 0 Å². The number of carbonyl (C=O) groups is 3. The molecule has 0 aromatic heterocycles. The largest absolute Gasteiger partial charge is 0.462 e. The molecule has 0 radical (unpaired) electrons. The molecule has 0 amide bonds. The van der Waals surface area contributed by atoms with Gasteiger partial charge in [-0.3, -0.25) is 14.4 Å². The van der Waals surface area contributed by atoms with Crippen molar-refractivity contribution in [3.8, 4) is 0 Å². The van der Waals surface area contributed by atoms with Crippen LogP contribution in [-0.2, 0) is 28.6 Å². The van der Waals surface area contributed by atoms with Crippen LogP contribution in [-0.4, -0.2) is 37.2 Å². The molecule has 0 saturated heterocycles. The molecule has 6 heteroatoms. The molecule has 0 spiro atoms. The topological polar surface area (TPSA) is 78.9 Å². The van der Waals surface area contributed by atoms with Crippen molar-refractivity contribution in [2.24, 2.45) is 0 Å². The third-order valence-electron chi connectivity index (χ3n) is 12.7. The summed E-state index contributed by atoms with van der Waals surface area (Å²) >= 11 is 0. The zero-order chi connectivity index (χ0) is 50.0. The quantitative estimate of drug-likeness (QED) is 0.0262. The summed E-state index contributed by atoms with van der Waals surface area (Å²) in [6.45, 7) is 6.51. The number of esters is 3. The zero-order valence-corrected chi connectivity index (χ0v) is 45.6. The van der Waals surface area contributed by atoms with E-state index in [1.165, 1.54) is 154 Å².